The van der Waals surface area contributed by atoms with Crippen LogP contribution in [-0.2, 0) is 9.59 Å². The molecule has 1 saturated heterocycles. The van der Waals surface area contributed by atoms with Crippen molar-refractivity contribution in [3.8, 4) is 5.75 Å². The van der Waals surface area contributed by atoms with Crippen LogP contribution < -0.4 is 15.4 Å². The van der Waals surface area contributed by atoms with Crippen LogP contribution in [0.3, 0.4) is 0 Å². The van der Waals surface area contributed by atoms with E-state index in [2.05, 4.69) is 31.4 Å². The Hall–Kier alpha value is -2.57. The van der Waals surface area contributed by atoms with Crippen LogP contribution in [0.15, 0.2) is 24.3 Å². The van der Waals surface area contributed by atoms with Crippen molar-refractivity contribution < 1.29 is 19.1 Å². The Labute approximate surface area is 165 Å². The number of imide groups is 1. The quantitative estimate of drug-likeness (QED) is 0.760. The highest BCUT2D eigenvalue weighted by Gasteiger charge is 2.56. The van der Waals surface area contributed by atoms with Gasteiger partial charge in [0.05, 0.1) is 6.61 Å². The molecule has 7 nitrogen and oxygen atoms in total. The zero-order valence-electron chi connectivity index (χ0n) is 17.0. The Balaban J connectivity index is 1.66. The van der Waals surface area contributed by atoms with Gasteiger partial charge < -0.3 is 15.4 Å². The molecular weight excluding hydrogens is 358 g/mol. The van der Waals surface area contributed by atoms with Gasteiger partial charge in [0.2, 0.25) is 5.91 Å². The number of benzene rings is 1. The third-order valence-electron chi connectivity index (χ3n) is 5.37. The monoisotopic (exact) mass is 387 g/mol. The minimum atomic E-state index is -0.891. The molecule has 2 aliphatic rings. The zero-order valence-corrected chi connectivity index (χ0v) is 17.0. The van der Waals surface area contributed by atoms with Crippen molar-refractivity contribution >= 4 is 23.5 Å². The van der Waals surface area contributed by atoms with Gasteiger partial charge in [0.25, 0.3) is 5.91 Å². The molecule has 1 aliphatic heterocycles. The second-order valence-corrected chi connectivity index (χ2v) is 8.76. The van der Waals surface area contributed by atoms with E-state index >= 15 is 0 Å². The molecule has 1 spiro atoms. The third kappa shape index (κ3) is 4.13. The molecule has 0 radical (unpaired) electrons. The molecule has 2 N–H and O–H groups in total. The molecule has 0 aromatic heterocycles. The van der Waals surface area contributed by atoms with Crippen LogP contribution in [0.4, 0.5) is 10.5 Å². The summed E-state index contributed by atoms with van der Waals surface area (Å²) in [6.07, 6.45) is 2.21. The molecular formula is C21H29N3O4. The van der Waals surface area contributed by atoms with Crippen LogP contribution >= 0.6 is 0 Å². The van der Waals surface area contributed by atoms with Crippen molar-refractivity contribution in [3.63, 3.8) is 0 Å². The summed E-state index contributed by atoms with van der Waals surface area (Å²) >= 11 is 0. The predicted octanol–water partition coefficient (Wildman–Crippen LogP) is 3.16. The number of nitrogens with one attached hydrogen (secondary N) is 2. The first kappa shape index (κ1) is 20.2. The van der Waals surface area contributed by atoms with Gasteiger partial charge in [-0.3, -0.25) is 14.5 Å². The van der Waals surface area contributed by atoms with E-state index in [0.717, 1.165) is 11.3 Å². The molecule has 152 valence electrons. The first-order valence-electron chi connectivity index (χ1n) is 9.81. The number of amides is 4. The normalized spacial score (nSPS) is 26.3. The van der Waals surface area contributed by atoms with Crippen LogP contribution in [0.25, 0.3) is 0 Å². The van der Waals surface area contributed by atoms with Crippen LogP contribution in [0.2, 0.25) is 0 Å². The number of hydrogen-bond acceptors (Lipinski definition) is 4. The number of urea groups is 1. The Morgan fingerprint density at radius 3 is 2.54 bits per heavy atom. The number of anilines is 1. The molecule has 2 atom stereocenters. The maximum Gasteiger partial charge on any atom is 0.325 e. The van der Waals surface area contributed by atoms with Gasteiger partial charge in [-0.05, 0) is 61.8 Å². The van der Waals surface area contributed by atoms with Gasteiger partial charge >= 0.3 is 6.03 Å². The summed E-state index contributed by atoms with van der Waals surface area (Å²) in [5.74, 6) is 0.336. The summed E-state index contributed by atoms with van der Waals surface area (Å²) in [4.78, 5) is 39.0. The summed E-state index contributed by atoms with van der Waals surface area (Å²) in [5.41, 5.74) is -0.346. The molecule has 7 heteroatoms. The topological polar surface area (TPSA) is 87.7 Å². The molecule has 4 amide bonds. The summed E-state index contributed by atoms with van der Waals surface area (Å²) in [6, 6.07) is 6.47. The Kier molecular flexibility index (Phi) is 5.37. The van der Waals surface area contributed by atoms with Gasteiger partial charge in [-0.15, -0.1) is 0 Å². The number of carbonyl (C=O) groups excluding carboxylic acids is 3. The largest absolute Gasteiger partial charge is 0.494 e. The maximum absolute atomic E-state index is 13.1. The molecule has 1 heterocycles. The van der Waals surface area contributed by atoms with Crippen molar-refractivity contribution in [1.29, 1.82) is 0 Å². The number of rotatable bonds is 5. The minimum absolute atomic E-state index is 0.0405. The lowest BCUT2D eigenvalue weighted by Gasteiger charge is -2.43. The SMILES string of the molecule is CCOc1ccc(NC(=O)CN2C(=O)N[C@@]3(C[C@H](C)CC(C)(C)C3)C2=O)cc1. The van der Waals surface area contributed by atoms with Crippen molar-refractivity contribution in [2.24, 2.45) is 11.3 Å². The second-order valence-electron chi connectivity index (χ2n) is 8.76. The van der Waals surface area contributed by atoms with Gasteiger partial charge in [-0.2, -0.15) is 0 Å². The molecule has 28 heavy (non-hydrogen) atoms. The molecule has 1 saturated carbocycles. The first-order valence-corrected chi connectivity index (χ1v) is 9.81. The van der Waals surface area contributed by atoms with E-state index in [0.29, 0.717) is 36.8 Å². The number of hydrogen-bond donors (Lipinski definition) is 2. The fourth-order valence-electron chi connectivity index (χ4n) is 4.79. The van der Waals surface area contributed by atoms with Gasteiger partial charge in [0.1, 0.15) is 17.8 Å². The fourth-order valence-corrected chi connectivity index (χ4v) is 4.79. The lowest BCUT2D eigenvalue weighted by molar-refractivity contribution is -0.136. The third-order valence-corrected chi connectivity index (χ3v) is 5.37. The van der Waals surface area contributed by atoms with Crippen molar-refractivity contribution in [2.75, 3.05) is 18.5 Å². The van der Waals surface area contributed by atoms with Gasteiger partial charge in [-0.25, -0.2) is 4.79 Å². The zero-order chi connectivity index (χ0) is 20.5. The molecule has 0 bridgehead atoms. The first-order chi connectivity index (χ1) is 13.1. The number of nitrogens with zero attached hydrogens (tertiary/aromatic N) is 1. The van der Waals surface area contributed by atoms with Crippen LogP contribution in [0, 0.1) is 11.3 Å². The minimum Gasteiger partial charge on any atom is -0.494 e. The van der Waals surface area contributed by atoms with E-state index in [1.54, 1.807) is 24.3 Å². The van der Waals surface area contributed by atoms with Crippen molar-refractivity contribution in [2.45, 2.75) is 52.5 Å². The average Bonchev–Trinajstić information content (AvgIpc) is 2.78. The predicted molar refractivity (Wildman–Crippen MR) is 106 cm³/mol. The van der Waals surface area contributed by atoms with E-state index in [1.165, 1.54) is 0 Å². The van der Waals surface area contributed by atoms with E-state index in [1.807, 2.05) is 6.92 Å². The Morgan fingerprint density at radius 2 is 1.93 bits per heavy atom. The standard InChI is InChI=1S/C21H29N3O4/c1-5-28-16-8-6-15(7-9-16)22-17(25)12-24-18(26)21(23-19(24)27)11-14(2)10-20(3,4)13-21/h6-9,14H,5,10-13H2,1-4H3,(H,22,25)(H,23,27)/t14-,21-/m1/s1. The Morgan fingerprint density at radius 1 is 1.25 bits per heavy atom. The smallest absolute Gasteiger partial charge is 0.325 e. The molecule has 0 unspecified atom stereocenters. The second kappa shape index (κ2) is 7.45. The number of carbonyl (C=O) groups is 3. The molecule has 1 aromatic rings. The van der Waals surface area contributed by atoms with Gasteiger partial charge in [0.15, 0.2) is 0 Å². The van der Waals surface area contributed by atoms with Gasteiger partial charge in [0, 0.05) is 5.69 Å². The summed E-state index contributed by atoms with van der Waals surface area (Å²) in [6.45, 7) is 8.50. The average molecular weight is 387 g/mol. The fraction of sp³-hybridized carbons (Fsp3) is 0.571. The van der Waals surface area contributed by atoms with E-state index in [-0.39, 0.29) is 17.9 Å². The summed E-state index contributed by atoms with van der Waals surface area (Å²) < 4.78 is 5.37. The van der Waals surface area contributed by atoms with Crippen LogP contribution in [-0.4, -0.2) is 41.4 Å². The van der Waals surface area contributed by atoms with Crippen molar-refractivity contribution in [3.05, 3.63) is 24.3 Å². The molecule has 2 fully saturated rings. The van der Waals surface area contributed by atoms with E-state index in [9.17, 15) is 14.4 Å². The van der Waals surface area contributed by atoms with E-state index in [4.69, 9.17) is 4.74 Å². The van der Waals surface area contributed by atoms with Crippen LogP contribution in [0.1, 0.15) is 47.0 Å². The highest BCUT2D eigenvalue weighted by Crippen LogP contribution is 2.46. The molecule has 1 aromatic carbocycles. The van der Waals surface area contributed by atoms with Crippen LogP contribution in [0.5, 0.6) is 5.75 Å². The molecule has 1 aliphatic carbocycles. The summed E-state index contributed by atoms with van der Waals surface area (Å²) in [5, 5.41) is 5.61. The van der Waals surface area contributed by atoms with Crippen molar-refractivity contribution in [1.82, 2.24) is 10.2 Å². The molecule has 3 rings (SSSR count). The van der Waals surface area contributed by atoms with E-state index < -0.39 is 17.5 Å². The Bertz CT molecular complexity index is 774. The van der Waals surface area contributed by atoms with Gasteiger partial charge in [-0.1, -0.05) is 20.8 Å². The highest BCUT2D eigenvalue weighted by atomic mass is 16.5. The summed E-state index contributed by atoms with van der Waals surface area (Å²) in [7, 11) is 0. The lowest BCUT2D eigenvalue weighted by atomic mass is 9.64. The number of ether oxygens (including phenoxy) is 1. The highest BCUT2D eigenvalue weighted by molar-refractivity contribution is 6.10. The maximum atomic E-state index is 13.1. The lowest BCUT2D eigenvalue weighted by Crippen LogP contribution is -2.54.